The molecule has 344 valence electrons. The Hall–Kier alpha value is -7.38. The first-order valence-corrected chi connectivity index (χ1v) is 24.4. The minimum atomic E-state index is -4.24. The number of fused-ring (bicyclic) bond motifs is 2. The standard InChI is InChI=1S/C56H51N3O7S2/c1-38(68(60,61)62)34-35-57-53-36-41(39-6-12-43(13-7-39)58(45-16-24-49(63-2)25-17-45)46-18-26-50(64-3)27-19-46)10-32-55(53)67-56-33-11-42(37-54(56)57)40-8-14-44(15-9-40)59(47-20-28-51(65-4)29-21-47)48-22-30-52(66-5)31-23-48/h6-33,36-38H,34-35H2,1-5H3,(H,60,61,62). The van der Waals surface area contributed by atoms with E-state index in [2.05, 4.69) is 99.6 Å². The van der Waals surface area contributed by atoms with Crippen LogP contribution in [0.2, 0.25) is 0 Å². The summed E-state index contributed by atoms with van der Waals surface area (Å²) in [5, 5.41) is -0.950. The Kier molecular flexibility index (Phi) is 13.4. The molecule has 0 spiro atoms. The minimum absolute atomic E-state index is 0.222. The number of hydrogen-bond acceptors (Lipinski definition) is 10. The second-order valence-corrected chi connectivity index (χ2v) is 19.2. The van der Waals surface area contributed by atoms with Crippen LogP contribution in [0.25, 0.3) is 22.3 Å². The van der Waals surface area contributed by atoms with Gasteiger partial charge in [0.25, 0.3) is 10.1 Å². The lowest BCUT2D eigenvalue weighted by atomic mass is 10.0. The number of anilines is 8. The Labute approximate surface area is 402 Å². The van der Waals surface area contributed by atoms with Crippen LogP contribution in [-0.4, -0.2) is 53.2 Å². The molecule has 1 aliphatic heterocycles. The summed E-state index contributed by atoms with van der Waals surface area (Å²) in [6.45, 7) is 1.91. The SMILES string of the molecule is COc1ccc(N(c2ccc(OC)cc2)c2ccc(-c3ccc4c(c3)N(CCC(C)S(=O)(=O)O)c3cc(-c5ccc(N(c6ccc(OC)cc6)c6ccc(OC)cc6)cc5)ccc3S4)cc2)cc1. The zero-order valence-corrected chi connectivity index (χ0v) is 40.0. The lowest BCUT2D eigenvalue weighted by Gasteiger charge is -2.34. The second-order valence-electron chi connectivity index (χ2n) is 16.3. The highest BCUT2D eigenvalue weighted by atomic mass is 32.2. The van der Waals surface area contributed by atoms with Crippen LogP contribution in [0.5, 0.6) is 23.0 Å². The van der Waals surface area contributed by atoms with Gasteiger partial charge in [-0.15, -0.1) is 0 Å². The van der Waals surface area contributed by atoms with E-state index < -0.39 is 15.4 Å². The van der Waals surface area contributed by atoms with Gasteiger partial charge in [-0.25, -0.2) is 0 Å². The van der Waals surface area contributed by atoms with Crippen molar-refractivity contribution in [2.24, 2.45) is 0 Å². The maximum absolute atomic E-state index is 12.3. The van der Waals surface area contributed by atoms with E-state index >= 15 is 0 Å². The molecule has 8 aromatic carbocycles. The molecule has 8 aromatic rings. The molecule has 0 fully saturated rings. The van der Waals surface area contributed by atoms with Crippen molar-refractivity contribution in [1.29, 1.82) is 0 Å². The Morgan fingerprint density at radius 3 is 1.01 bits per heavy atom. The highest BCUT2D eigenvalue weighted by Gasteiger charge is 2.27. The summed E-state index contributed by atoms with van der Waals surface area (Å²) < 4.78 is 56.4. The zero-order valence-electron chi connectivity index (χ0n) is 38.4. The largest absolute Gasteiger partial charge is 0.497 e. The van der Waals surface area contributed by atoms with Gasteiger partial charge in [0.15, 0.2) is 0 Å². The molecule has 12 heteroatoms. The quantitative estimate of drug-likeness (QED) is 0.0937. The van der Waals surface area contributed by atoms with E-state index in [0.29, 0.717) is 6.54 Å². The van der Waals surface area contributed by atoms with Crippen LogP contribution in [0.15, 0.2) is 192 Å². The predicted molar refractivity (Wildman–Crippen MR) is 276 cm³/mol. The van der Waals surface area contributed by atoms with Gasteiger partial charge in [0.1, 0.15) is 23.0 Å². The molecule has 0 aliphatic carbocycles. The minimum Gasteiger partial charge on any atom is -0.497 e. The van der Waals surface area contributed by atoms with Gasteiger partial charge in [-0.3, -0.25) is 4.55 Å². The van der Waals surface area contributed by atoms with Crippen molar-refractivity contribution >= 4 is 67.4 Å². The fourth-order valence-electron chi connectivity index (χ4n) is 8.36. The average Bonchev–Trinajstić information content (AvgIpc) is 3.38. The molecule has 68 heavy (non-hydrogen) atoms. The Balaban J connectivity index is 1.05. The molecule has 0 saturated heterocycles. The maximum atomic E-state index is 12.3. The van der Waals surface area contributed by atoms with Crippen molar-refractivity contribution in [3.63, 3.8) is 0 Å². The Morgan fingerprint density at radius 2 is 0.735 bits per heavy atom. The van der Waals surface area contributed by atoms with Gasteiger partial charge in [-0.1, -0.05) is 48.2 Å². The molecule has 0 amide bonds. The predicted octanol–water partition coefficient (Wildman–Crippen LogP) is 14.3. The van der Waals surface area contributed by atoms with Crippen LogP contribution < -0.4 is 33.6 Å². The fraction of sp³-hybridized carbons (Fsp3) is 0.143. The van der Waals surface area contributed by atoms with Crippen molar-refractivity contribution in [3.05, 3.63) is 182 Å². The first-order chi connectivity index (χ1) is 33.0. The number of rotatable bonds is 16. The molecular weight excluding hydrogens is 891 g/mol. The van der Waals surface area contributed by atoms with Crippen LogP contribution in [0.4, 0.5) is 45.5 Å². The first-order valence-electron chi connectivity index (χ1n) is 22.1. The Morgan fingerprint density at radius 1 is 0.456 bits per heavy atom. The summed E-state index contributed by atoms with van der Waals surface area (Å²) in [7, 11) is 2.40. The van der Waals surface area contributed by atoms with E-state index in [1.165, 1.54) is 0 Å². The van der Waals surface area contributed by atoms with Gasteiger partial charge in [-0.05, 0) is 181 Å². The molecule has 1 heterocycles. The summed E-state index contributed by atoms with van der Waals surface area (Å²) in [5.41, 5.74) is 11.8. The third-order valence-electron chi connectivity index (χ3n) is 12.2. The molecule has 0 radical (unpaired) electrons. The van der Waals surface area contributed by atoms with E-state index in [1.807, 2.05) is 97.1 Å². The van der Waals surface area contributed by atoms with E-state index in [-0.39, 0.29) is 6.42 Å². The lowest BCUT2D eigenvalue weighted by Crippen LogP contribution is -2.27. The summed E-state index contributed by atoms with van der Waals surface area (Å²) in [5.74, 6) is 3.10. The fourth-order valence-corrected chi connectivity index (χ4v) is 9.82. The van der Waals surface area contributed by atoms with Crippen LogP contribution in [0.1, 0.15) is 13.3 Å². The molecule has 1 atom stereocenters. The highest BCUT2D eigenvalue weighted by molar-refractivity contribution is 7.99. The molecule has 9 rings (SSSR count). The van der Waals surface area contributed by atoms with E-state index in [0.717, 1.165) is 101 Å². The summed E-state index contributed by atoms with van der Waals surface area (Å²) in [4.78, 5) is 8.67. The molecule has 1 aliphatic rings. The zero-order chi connectivity index (χ0) is 47.4. The number of nitrogens with zero attached hydrogens (tertiary/aromatic N) is 3. The van der Waals surface area contributed by atoms with Crippen LogP contribution in [0, 0.1) is 0 Å². The summed E-state index contributed by atoms with van der Waals surface area (Å²) in [6.07, 6.45) is 0.222. The number of hydrogen-bond donors (Lipinski definition) is 1. The third-order valence-corrected chi connectivity index (χ3v) is 14.6. The van der Waals surface area contributed by atoms with Crippen molar-refractivity contribution in [2.75, 3.05) is 49.7 Å². The molecule has 0 aromatic heterocycles. The van der Waals surface area contributed by atoms with E-state index in [4.69, 9.17) is 18.9 Å². The Bertz CT molecular complexity index is 2830. The molecule has 10 nitrogen and oxygen atoms in total. The molecule has 1 unspecified atom stereocenters. The normalized spacial score (nSPS) is 12.4. The lowest BCUT2D eigenvalue weighted by molar-refractivity contribution is 0.414. The van der Waals surface area contributed by atoms with Gasteiger partial charge < -0.3 is 33.6 Å². The molecule has 0 bridgehead atoms. The van der Waals surface area contributed by atoms with Gasteiger partial charge >= 0.3 is 0 Å². The number of ether oxygens (including phenoxy) is 4. The van der Waals surface area contributed by atoms with Gasteiger partial charge in [0.2, 0.25) is 0 Å². The van der Waals surface area contributed by atoms with Crippen LogP contribution >= 0.6 is 11.8 Å². The van der Waals surface area contributed by atoms with E-state index in [1.54, 1.807) is 47.1 Å². The molecule has 1 N–H and O–H groups in total. The molecular formula is C56H51N3O7S2. The van der Waals surface area contributed by atoms with Crippen molar-refractivity contribution < 1.29 is 31.9 Å². The van der Waals surface area contributed by atoms with Crippen LogP contribution in [0.3, 0.4) is 0 Å². The number of benzene rings is 8. The van der Waals surface area contributed by atoms with Gasteiger partial charge in [-0.2, -0.15) is 8.42 Å². The van der Waals surface area contributed by atoms with Crippen LogP contribution in [-0.2, 0) is 10.1 Å². The smallest absolute Gasteiger partial charge is 0.267 e. The summed E-state index contributed by atoms with van der Waals surface area (Å²) >= 11 is 1.69. The van der Waals surface area contributed by atoms with Crippen molar-refractivity contribution in [3.8, 4) is 45.3 Å². The summed E-state index contributed by atoms with van der Waals surface area (Å²) in [6, 6.07) is 61.8. The van der Waals surface area contributed by atoms with Gasteiger partial charge in [0, 0.05) is 50.5 Å². The van der Waals surface area contributed by atoms with Gasteiger partial charge in [0.05, 0.1) is 45.1 Å². The van der Waals surface area contributed by atoms with Crippen molar-refractivity contribution in [2.45, 2.75) is 28.4 Å². The number of methoxy groups -OCH3 is 4. The second kappa shape index (κ2) is 19.8. The monoisotopic (exact) mass is 941 g/mol. The molecule has 0 saturated carbocycles. The topological polar surface area (TPSA) is 101 Å². The average molecular weight is 942 g/mol. The van der Waals surface area contributed by atoms with Crippen molar-refractivity contribution in [1.82, 2.24) is 0 Å². The maximum Gasteiger partial charge on any atom is 0.267 e. The highest BCUT2D eigenvalue weighted by Crippen LogP contribution is 2.51. The third kappa shape index (κ3) is 9.70. The van der Waals surface area contributed by atoms with E-state index in [9.17, 15) is 13.0 Å². The first kappa shape index (κ1) is 45.8.